The van der Waals surface area contributed by atoms with Crippen LogP contribution in [0.15, 0.2) is 24.3 Å². The summed E-state index contributed by atoms with van der Waals surface area (Å²) in [5.41, 5.74) is 0. The van der Waals surface area contributed by atoms with Crippen LogP contribution in [0.25, 0.3) is 0 Å². The fourth-order valence-corrected chi connectivity index (χ4v) is 12.4. The number of ether oxygens (including phenoxy) is 2. The molecule has 1 aliphatic rings. The Morgan fingerprint density at radius 1 is 0.393 bits per heavy atom. The summed E-state index contributed by atoms with van der Waals surface area (Å²) in [6.45, 7) is 3.83. The quantitative estimate of drug-likeness (QED) is 0.0261. The molecule has 6 N–H and O–H groups in total. The standard InChI is InChI=1S/C75H145NO8/c1-3-5-7-9-11-13-15-17-19-21-23-25-27-29-31-33-35-36-38-40-42-44-46-48-50-52-54-56-58-60-62-64-69(78)68(67-83-75-74(82)73(81)72(80)70(66-77)84-75)76-71(79)65-63-61-59-57-55-53-51-49-47-45-43-41-39-37-34-32-30-28-26-24-22-20-18-16-14-12-10-8-6-4-2/h54,56,62,64,68-70,72-75,77-78,80-82H,3-53,55,57-61,63,65-67H2,1-2H3,(H,76,79)/b56-54+,64-62+. The number of amides is 1. The molecule has 1 saturated heterocycles. The zero-order valence-corrected chi connectivity index (χ0v) is 55.9. The van der Waals surface area contributed by atoms with Crippen molar-refractivity contribution in [1.29, 1.82) is 0 Å². The zero-order valence-electron chi connectivity index (χ0n) is 55.9. The molecule has 0 aromatic rings. The Labute approximate surface area is 521 Å². The number of allylic oxidation sites excluding steroid dienone is 3. The zero-order chi connectivity index (χ0) is 60.7. The molecular formula is C75H145NO8. The van der Waals surface area contributed by atoms with Gasteiger partial charge < -0.3 is 40.3 Å². The minimum Gasteiger partial charge on any atom is -0.394 e. The van der Waals surface area contributed by atoms with Crippen molar-refractivity contribution >= 4 is 5.91 Å². The highest BCUT2D eigenvalue weighted by Gasteiger charge is 2.44. The van der Waals surface area contributed by atoms with E-state index >= 15 is 0 Å². The molecule has 7 atom stereocenters. The molecule has 0 aromatic heterocycles. The second kappa shape index (κ2) is 64.6. The Kier molecular flexibility index (Phi) is 62.1. The lowest BCUT2D eigenvalue weighted by Gasteiger charge is -2.40. The lowest BCUT2D eigenvalue weighted by Crippen LogP contribution is -2.60. The fourth-order valence-electron chi connectivity index (χ4n) is 12.4. The average molecular weight is 1190 g/mol. The van der Waals surface area contributed by atoms with Gasteiger partial charge >= 0.3 is 0 Å². The molecule has 9 nitrogen and oxygen atoms in total. The second-order valence-electron chi connectivity index (χ2n) is 26.4. The number of rotatable bonds is 67. The van der Waals surface area contributed by atoms with Gasteiger partial charge in [-0.1, -0.05) is 378 Å². The second-order valence-corrected chi connectivity index (χ2v) is 26.4. The monoisotopic (exact) mass is 1190 g/mol. The average Bonchev–Trinajstić information content (AvgIpc) is 3.70. The van der Waals surface area contributed by atoms with E-state index in [0.29, 0.717) is 6.42 Å². The Bertz CT molecular complexity index is 1380. The molecule has 84 heavy (non-hydrogen) atoms. The van der Waals surface area contributed by atoms with E-state index in [4.69, 9.17) is 9.47 Å². The van der Waals surface area contributed by atoms with Gasteiger partial charge in [0.15, 0.2) is 6.29 Å². The largest absolute Gasteiger partial charge is 0.394 e. The summed E-state index contributed by atoms with van der Waals surface area (Å²) in [6, 6.07) is -0.821. The van der Waals surface area contributed by atoms with Gasteiger partial charge in [0.25, 0.3) is 0 Å². The van der Waals surface area contributed by atoms with Crippen LogP contribution in [0.2, 0.25) is 0 Å². The van der Waals surface area contributed by atoms with Gasteiger partial charge in [-0.2, -0.15) is 0 Å². The molecule has 0 radical (unpaired) electrons. The van der Waals surface area contributed by atoms with E-state index < -0.39 is 49.5 Å². The molecule has 0 aliphatic carbocycles. The molecule has 7 unspecified atom stereocenters. The highest BCUT2D eigenvalue weighted by molar-refractivity contribution is 5.76. The van der Waals surface area contributed by atoms with Crippen LogP contribution in [0, 0.1) is 0 Å². The van der Waals surface area contributed by atoms with Crippen molar-refractivity contribution in [3.63, 3.8) is 0 Å². The third-order valence-electron chi connectivity index (χ3n) is 18.3. The van der Waals surface area contributed by atoms with Gasteiger partial charge in [0, 0.05) is 6.42 Å². The van der Waals surface area contributed by atoms with Crippen LogP contribution in [0.4, 0.5) is 0 Å². The van der Waals surface area contributed by atoms with E-state index in [9.17, 15) is 30.3 Å². The van der Waals surface area contributed by atoms with Crippen molar-refractivity contribution < 1.29 is 39.8 Å². The topological polar surface area (TPSA) is 149 Å². The predicted molar refractivity (Wildman–Crippen MR) is 360 cm³/mol. The molecule has 1 fully saturated rings. The molecule has 0 spiro atoms. The van der Waals surface area contributed by atoms with Crippen molar-refractivity contribution in [3.05, 3.63) is 24.3 Å². The first kappa shape index (κ1) is 80.7. The van der Waals surface area contributed by atoms with Crippen molar-refractivity contribution in [2.45, 2.75) is 436 Å². The van der Waals surface area contributed by atoms with Gasteiger partial charge in [-0.25, -0.2) is 0 Å². The first-order chi connectivity index (χ1) is 41.3. The van der Waals surface area contributed by atoms with Crippen LogP contribution in [-0.2, 0) is 14.3 Å². The molecule has 1 heterocycles. The summed E-state index contributed by atoms with van der Waals surface area (Å²) < 4.78 is 11.3. The molecular weight excluding hydrogens is 1040 g/mol. The van der Waals surface area contributed by atoms with Crippen molar-refractivity contribution in [2.24, 2.45) is 0 Å². The van der Waals surface area contributed by atoms with Gasteiger partial charge in [-0.05, 0) is 32.1 Å². The first-order valence-electron chi connectivity index (χ1n) is 37.6. The predicted octanol–water partition coefficient (Wildman–Crippen LogP) is 20.8. The molecule has 1 amide bonds. The lowest BCUT2D eigenvalue weighted by molar-refractivity contribution is -0.302. The van der Waals surface area contributed by atoms with Gasteiger partial charge in [0.1, 0.15) is 24.4 Å². The Morgan fingerprint density at radius 3 is 1.00 bits per heavy atom. The summed E-state index contributed by atoms with van der Waals surface area (Å²) in [4.78, 5) is 13.1. The smallest absolute Gasteiger partial charge is 0.220 e. The number of carbonyl (C=O) groups excluding carboxylic acids is 1. The van der Waals surface area contributed by atoms with Gasteiger partial charge in [-0.15, -0.1) is 0 Å². The number of carbonyl (C=O) groups is 1. The van der Waals surface area contributed by atoms with E-state index in [1.807, 2.05) is 6.08 Å². The van der Waals surface area contributed by atoms with Gasteiger partial charge in [0.2, 0.25) is 5.91 Å². The van der Waals surface area contributed by atoms with Crippen LogP contribution in [-0.4, -0.2) is 87.5 Å². The number of unbranched alkanes of at least 4 members (excludes halogenated alkanes) is 55. The fraction of sp³-hybridized carbons (Fsp3) is 0.933. The van der Waals surface area contributed by atoms with Crippen LogP contribution < -0.4 is 5.32 Å². The highest BCUT2D eigenvalue weighted by atomic mass is 16.7. The van der Waals surface area contributed by atoms with Crippen LogP contribution in [0.5, 0.6) is 0 Å². The van der Waals surface area contributed by atoms with E-state index in [-0.39, 0.29) is 12.5 Å². The number of hydrogen-bond donors (Lipinski definition) is 6. The summed E-state index contributed by atoms with van der Waals surface area (Å²) >= 11 is 0. The number of aliphatic hydroxyl groups excluding tert-OH is 5. The first-order valence-corrected chi connectivity index (χ1v) is 37.6. The minimum absolute atomic E-state index is 0.177. The van der Waals surface area contributed by atoms with E-state index in [1.165, 1.54) is 334 Å². The molecule has 1 rings (SSSR count). The summed E-state index contributed by atoms with van der Waals surface area (Å²) in [5, 5.41) is 54.8. The summed E-state index contributed by atoms with van der Waals surface area (Å²) in [5.74, 6) is -0.177. The third-order valence-corrected chi connectivity index (χ3v) is 18.3. The Balaban J connectivity index is 2.11. The maximum absolute atomic E-state index is 13.1. The molecule has 9 heteroatoms. The Hall–Kier alpha value is -1.33. The molecule has 0 bridgehead atoms. The Morgan fingerprint density at radius 2 is 0.679 bits per heavy atom. The van der Waals surface area contributed by atoms with Crippen molar-refractivity contribution in [2.75, 3.05) is 13.2 Å². The van der Waals surface area contributed by atoms with Gasteiger partial charge in [0.05, 0.1) is 25.4 Å². The van der Waals surface area contributed by atoms with Crippen molar-refractivity contribution in [1.82, 2.24) is 5.32 Å². The van der Waals surface area contributed by atoms with Gasteiger partial charge in [-0.3, -0.25) is 4.79 Å². The SMILES string of the molecule is CCCCCCCCCCCCCCCCCCCCCCCCCCC/C=C/CC/C=C/C(O)C(COC1OC(CO)C(O)C(O)C1O)NC(=O)CCCCCCCCCCCCCCCCCCCCCCCCCCCCCCCC. The van der Waals surface area contributed by atoms with E-state index in [0.717, 1.165) is 38.5 Å². The third kappa shape index (κ3) is 52.6. The normalized spacial score (nSPS) is 18.2. The lowest BCUT2D eigenvalue weighted by atomic mass is 9.99. The minimum atomic E-state index is -1.57. The number of hydrogen-bond acceptors (Lipinski definition) is 8. The summed E-state index contributed by atoms with van der Waals surface area (Å²) in [7, 11) is 0. The number of nitrogens with one attached hydrogen (secondary N) is 1. The molecule has 498 valence electrons. The van der Waals surface area contributed by atoms with Crippen LogP contribution in [0.1, 0.15) is 393 Å². The number of aliphatic hydroxyl groups is 5. The van der Waals surface area contributed by atoms with E-state index in [2.05, 4.69) is 31.3 Å². The maximum Gasteiger partial charge on any atom is 0.220 e. The van der Waals surface area contributed by atoms with E-state index in [1.54, 1.807) is 6.08 Å². The molecule has 1 aliphatic heterocycles. The maximum atomic E-state index is 13.1. The van der Waals surface area contributed by atoms with Crippen LogP contribution >= 0.6 is 0 Å². The van der Waals surface area contributed by atoms with Crippen LogP contribution in [0.3, 0.4) is 0 Å². The van der Waals surface area contributed by atoms with Crippen molar-refractivity contribution in [3.8, 4) is 0 Å². The summed E-state index contributed by atoms with van der Waals surface area (Å²) in [6.07, 6.45) is 78.9. The molecule has 0 saturated carbocycles. The molecule has 0 aromatic carbocycles. The highest BCUT2D eigenvalue weighted by Crippen LogP contribution is 2.24.